The van der Waals surface area contributed by atoms with Gasteiger partial charge in [-0.25, -0.2) is 0 Å². The Morgan fingerprint density at radius 1 is 1.20 bits per heavy atom. The van der Waals surface area contributed by atoms with Crippen molar-refractivity contribution in [2.75, 3.05) is 30.5 Å². The third kappa shape index (κ3) is 6.27. The van der Waals surface area contributed by atoms with Crippen LogP contribution in [0.5, 0.6) is 5.75 Å². The van der Waals surface area contributed by atoms with E-state index >= 15 is 0 Å². The topological polar surface area (TPSA) is 58.6 Å². The minimum atomic E-state index is -0.120. The van der Waals surface area contributed by atoms with Gasteiger partial charge in [0, 0.05) is 13.1 Å². The molecule has 0 saturated heterocycles. The van der Waals surface area contributed by atoms with Gasteiger partial charge in [0.2, 0.25) is 11.8 Å². The fourth-order valence-electron chi connectivity index (χ4n) is 3.04. The van der Waals surface area contributed by atoms with Crippen molar-refractivity contribution in [1.29, 1.82) is 0 Å². The molecule has 1 aliphatic carbocycles. The minimum Gasteiger partial charge on any atom is -0.492 e. The zero-order valence-electron chi connectivity index (χ0n) is 15.1. The molecule has 1 N–H and O–H groups in total. The molecule has 5 nitrogen and oxygen atoms in total. The van der Waals surface area contributed by atoms with Crippen molar-refractivity contribution in [3.8, 4) is 5.75 Å². The summed E-state index contributed by atoms with van der Waals surface area (Å²) in [6, 6.07) is 7.74. The van der Waals surface area contributed by atoms with Crippen LogP contribution >= 0.6 is 11.8 Å². The Kier molecular flexibility index (Phi) is 8.12. The van der Waals surface area contributed by atoms with Gasteiger partial charge in [-0.1, -0.05) is 31.4 Å². The first-order chi connectivity index (χ1) is 12.1. The normalized spacial score (nSPS) is 14.8. The van der Waals surface area contributed by atoms with Crippen molar-refractivity contribution in [3.63, 3.8) is 0 Å². The fourth-order valence-corrected chi connectivity index (χ4v) is 3.78. The van der Waals surface area contributed by atoms with Crippen LogP contribution in [0.25, 0.3) is 0 Å². The van der Waals surface area contributed by atoms with Crippen molar-refractivity contribution in [2.45, 2.75) is 45.1 Å². The van der Waals surface area contributed by atoms with Crippen LogP contribution < -0.4 is 10.1 Å². The van der Waals surface area contributed by atoms with E-state index in [1.165, 1.54) is 31.0 Å². The molecule has 25 heavy (non-hydrogen) atoms. The molecule has 1 saturated carbocycles. The lowest BCUT2D eigenvalue weighted by atomic mass is 9.94. The van der Waals surface area contributed by atoms with E-state index in [4.69, 9.17) is 4.74 Å². The van der Waals surface area contributed by atoms with Gasteiger partial charge < -0.3 is 15.0 Å². The number of rotatable bonds is 8. The Balaban J connectivity index is 1.74. The Hall–Kier alpha value is -1.69. The first-order valence-corrected chi connectivity index (χ1v) is 10.1. The predicted octanol–water partition coefficient (Wildman–Crippen LogP) is 3.55. The molecule has 1 aliphatic rings. The quantitative estimate of drug-likeness (QED) is 0.766. The number of anilines is 1. The average molecular weight is 365 g/mol. The summed E-state index contributed by atoms with van der Waals surface area (Å²) in [5, 5.41) is 2.85. The lowest BCUT2D eigenvalue weighted by Crippen LogP contribution is -2.39. The lowest BCUT2D eigenvalue weighted by Gasteiger charge is -2.31. The van der Waals surface area contributed by atoms with E-state index in [-0.39, 0.29) is 17.6 Å². The Labute approximate surface area is 154 Å². The molecular weight excluding hydrogens is 336 g/mol. The van der Waals surface area contributed by atoms with Crippen LogP contribution in [0, 0.1) is 0 Å². The number of carbonyl (C=O) groups is 2. The summed E-state index contributed by atoms with van der Waals surface area (Å²) in [5.74, 6) is 1.25. The molecule has 2 rings (SSSR count). The molecule has 0 radical (unpaired) electrons. The highest BCUT2D eigenvalue weighted by Crippen LogP contribution is 2.24. The summed E-state index contributed by atoms with van der Waals surface area (Å²) in [6.07, 6.45) is 5.88. The molecule has 1 aromatic rings. The number of nitrogens with zero attached hydrogens (tertiary/aromatic N) is 1. The minimum absolute atomic E-state index is 0.111. The third-order valence-corrected chi connectivity index (χ3v) is 5.35. The number of ether oxygens (including phenoxy) is 1. The number of nitrogens with one attached hydrogen (secondary N) is 1. The smallest absolute Gasteiger partial charge is 0.234 e. The van der Waals surface area contributed by atoms with Gasteiger partial charge in [0.05, 0.1) is 23.8 Å². The maximum absolute atomic E-state index is 12.3. The molecule has 2 amide bonds. The molecule has 1 fully saturated rings. The summed E-state index contributed by atoms with van der Waals surface area (Å²) in [5.41, 5.74) is 0.667. The first-order valence-electron chi connectivity index (χ1n) is 8.97. The number of hydrogen-bond acceptors (Lipinski definition) is 4. The third-order valence-electron chi connectivity index (χ3n) is 4.44. The molecule has 1 aromatic carbocycles. The first kappa shape index (κ1) is 19.6. The van der Waals surface area contributed by atoms with E-state index in [0.717, 1.165) is 12.8 Å². The zero-order chi connectivity index (χ0) is 18.1. The van der Waals surface area contributed by atoms with Crippen molar-refractivity contribution >= 4 is 29.3 Å². The summed E-state index contributed by atoms with van der Waals surface area (Å²) in [6.45, 7) is 2.45. The monoisotopic (exact) mass is 364 g/mol. The van der Waals surface area contributed by atoms with Gasteiger partial charge in [0.15, 0.2) is 0 Å². The molecule has 0 aromatic heterocycles. The predicted molar refractivity (Wildman–Crippen MR) is 103 cm³/mol. The summed E-state index contributed by atoms with van der Waals surface area (Å²) >= 11 is 1.36. The number of thioether (sulfide) groups is 1. The van der Waals surface area contributed by atoms with Gasteiger partial charge in [-0.05, 0) is 31.9 Å². The van der Waals surface area contributed by atoms with Crippen molar-refractivity contribution in [3.05, 3.63) is 24.3 Å². The van der Waals surface area contributed by atoms with Crippen molar-refractivity contribution in [2.24, 2.45) is 0 Å². The van der Waals surface area contributed by atoms with Gasteiger partial charge in [-0.3, -0.25) is 9.59 Å². The van der Waals surface area contributed by atoms with Crippen LogP contribution in [0.15, 0.2) is 24.3 Å². The molecule has 138 valence electrons. The molecule has 0 spiro atoms. The highest BCUT2D eigenvalue weighted by molar-refractivity contribution is 8.00. The molecule has 0 unspecified atom stereocenters. The van der Waals surface area contributed by atoms with E-state index in [1.54, 1.807) is 0 Å². The zero-order valence-corrected chi connectivity index (χ0v) is 15.9. The summed E-state index contributed by atoms with van der Waals surface area (Å²) in [7, 11) is 1.89. The van der Waals surface area contributed by atoms with Crippen molar-refractivity contribution in [1.82, 2.24) is 4.90 Å². The largest absolute Gasteiger partial charge is 0.492 e. The second-order valence-electron chi connectivity index (χ2n) is 6.27. The van der Waals surface area contributed by atoms with Crippen LogP contribution in [0.4, 0.5) is 5.69 Å². The fraction of sp³-hybridized carbons (Fsp3) is 0.579. The molecular formula is C19H28N2O3S. The van der Waals surface area contributed by atoms with Crippen molar-refractivity contribution < 1.29 is 14.3 Å². The average Bonchev–Trinajstić information content (AvgIpc) is 2.63. The van der Waals surface area contributed by atoms with E-state index < -0.39 is 0 Å². The van der Waals surface area contributed by atoms with E-state index in [0.29, 0.717) is 29.8 Å². The van der Waals surface area contributed by atoms with Crippen LogP contribution in [-0.4, -0.2) is 47.9 Å². The van der Waals surface area contributed by atoms with E-state index in [2.05, 4.69) is 5.32 Å². The number of carbonyl (C=O) groups excluding carboxylic acids is 2. The van der Waals surface area contributed by atoms with Gasteiger partial charge in [0.25, 0.3) is 0 Å². The maximum atomic E-state index is 12.3. The number of benzene rings is 1. The molecule has 6 heteroatoms. The van der Waals surface area contributed by atoms with Gasteiger partial charge in [-0.15, -0.1) is 11.8 Å². The lowest BCUT2D eigenvalue weighted by molar-refractivity contribution is -0.129. The van der Waals surface area contributed by atoms with Gasteiger partial charge in [-0.2, -0.15) is 0 Å². The second kappa shape index (κ2) is 10.3. The molecule has 0 heterocycles. The van der Waals surface area contributed by atoms with Crippen LogP contribution in [0.1, 0.15) is 39.0 Å². The number of hydrogen-bond donors (Lipinski definition) is 1. The van der Waals surface area contributed by atoms with Crippen LogP contribution in [0.3, 0.4) is 0 Å². The Bertz CT molecular complexity index is 574. The van der Waals surface area contributed by atoms with Crippen LogP contribution in [-0.2, 0) is 9.59 Å². The highest BCUT2D eigenvalue weighted by Gasteiger charge is 2.22. The molecule has 0 aliphatic heterocycles. The number of para-hydroxylation sites is 2. The maximum Gasteiger partial charge on any atom is 0.234 e. The highest BCUT2D eigenvalue weighted by atomic mass is 32.2. The SMILES string of the molecule is CCOc1ccccc1NC(=O)CSCC(=O)N(C)C1CCCCC1. The van der Waals surface area contributed by atoms with E-state index in [1.807, 2.05) is 43.1 Å². The second-order valence-corrected chi connectivity index (χ2v) is 7.25. The Morgan fingerprint density at radius 3 is 2.64 bits per heavy atom. The summed E-state index contributed by atoms with van der Waals surface area (Å²) < 4.78 is 5.50. The summed E-state index contributed by atoms with van der Waals surface area (Å²) in [4.78, 5) is 26.3. The Morgan fingerprint density at radius 2 is 1.92 bits per heavy atom. The molecule has 0 atom stereocenters. The van der Waals surface area contributed by atoms with Gasteiger partial charge in [0.1, 0.15) is 5.75 Å². The van der Waals surface area contributed by atoms with E-state index in [9.17, 15) is 9.59 Å². The van der Waals surface area contributed by atoms with Gasteiger partial charge >= 0.3 is 0 Å². The molecule has 0 bridgehead atoms. The van der Waals surface area contributed by atoms with Crippen LogP contribution in [0.2, 0.25) is 0 Å². The number of amides is 2. The standard InChI is InChI=1S/C19H28N2O3S/c1-3-24-17-12-8-7-11-16(17)20-18(22)13-25-14-19(23)21(2)15-9-5-4-6-10-15/h7-8,11-12,15H,3-6,9-10,13-14H2,1-2H3,(H,20,22).